The van der Waals surface area contributed by atoms with Crippen molar-refractivity contribution in [1.82, 2.24) is 4.98 Å². The largest absolute Gasteiger partial charge is 0.396 e. The molecule has 4 nitrogen and oxygen atoms in total. The van der Waals surface area contributed by atoms with E-state index < -0.39 is 5.95 Å². The van der Waals surface area contributed by atoms with Gasteiger partial charge in [-0.2, -0.15) is 4.39 Å². The third-order valence-electron chi connectivity index (χ3n) is 2.80. The second-order valence-corrected chi connectivity index (χ2v) is 4.05. The van der Waals surface area contributed by atoms with Crippen molar-refractivity contribution >= 4 is 11.6 Å². The molecular formula is C11H13FN2O2. The molecule has 86 valence electrons. The smallest absolute Gasteiger partial charge is 0.227 e. The molecule has 0 spiro atoms. The molecule has 1 aliphatic heterocycles. The van der Waals surface area contributed by atoms with Crippen molar-refractivity contribution in [3.63, 3.8) is 0 Å². The van der Waals surface area contributed by atoms with Gasteiger partial charge in [0.2, 0.25) is 11.9 Å². The molecule has 1 aromatic rings. The summed E-state index contributed by atoms with van der Waals surface area (Å²) in [5.41, 5.74) is 1.31. The highest BCUT2D eigenvalue weighted by molar-refractivity contribution is 5.96. The predicted molar refractivity (Wildman–Crippen MR) is 56.5 cm³/mol. The van der Waals surface area contributed by atoms with E-state index >= 15 is 0 Å². The first-order chi connectivity index (χ1) is 7.61. The Balaban J connectivity index is 2.28. The van der Waals surface area contributed by atoms with Crippen LogP contribution in [-0.4, -0.2) is 29.1 Å². The highest BCUT2D eigenvalue weighted by atomic mass is 19.1. The van der Waals surface area contributed by atoms with E-state index in [0.717, 1.165) is 0 Å². The first-order valence-corrected chi connectivity index (χ1v) is 5.15. The molecule has 1 fully saturated rings. The Labute approximate surface area is 92.7 Å². The average molecular weight is 224 g/mol. The Morgan fingerprint density at radius 2 is 2.44 bits per heavy atom. The Kier molecular flexibility index (Phi) is 2.87. The highest BCUT2D eigenvalue weighted by Crippen LogP contribution is 2.27. The molecule has 0 aliphatic carbocycles. The summed E-state index contributed by atoms with van der Waals surface area (Å²) >= 11 is 0. The summed E-state index contributed by atoms with van der Waals surface area (Å²) in [6.07, 6.45) is 1.70. The molecule has 1 unspecified atom stereocenters. The maximum absolute atomic E-state index is 12.8. The molecule has 1 aromatic heterocycles. The van der Waals surface area contributed by atoms with E-state index in [-0.39, 0.29) is 18.4 Å². The van der Waals surface area contributed by atoms with Gasteiger partial charge < -0.3 is 10.0 Å². The van der Waals surface area contributed by atoms with E-state index in [1.165, 1.54) is 12.3 Å². The van der Waals surface area contributed by atoms with Gasteiger partial charge in [-0.25, -0.2) is 4.98 Å². The van der Waals surface area contributed by atoms with Gasteiger partial charge >= 0.3 is 0 Å². The number of aliphatic hydroxyl groups is 1. The van der Waals surface area contributed by atoms with Gasteiger partial charge in [0.1, 0.15) is 0 Å². The zero-order valence-electron chi connectivity index (χ0n) is 8.98. The van der Waals surface area contributed by atoms with Crippen LogP contribution in [-0.2, 0) is 4.79 Å². The van der Waals surface area contributed by atoms with Crippen LogP contribution in [0.4, 0.5) is 10.1 Å². The van der Waals surface area contributed by atoms with Crippen LogP contribution in [0.25, 0.3) is 0 Å². The zero-order chi connectivity index (χ0) is 11.7. The minimum Gasteiger partial charge on any atom is -0.396 e. The lowest BCUT2D eigenvalue weighted by molar-refractivity contribution is -0.117. The number of aromatic nitrogens is 1. The average Bonchev–Trinajstić information content (AvgIpc) is 2.60. The van der Waals surface area contributed by atoms with Gasteiger partial charge in [-0.3, -0.25) is 4.79 Å². The van der Waals surface area contributed by atoms with Crippen LogP contribution in [0.15, 0.2) is 12.3 Å². The van der Waals surface area contributed by atoms with Crippen molar-refractivity contribution in [2.24, 2.45) is 5.92 Å². The lowest BCUT2D eigenvalue weighted by Crippen LogP contribution is -2.26. The molecule has 2 heterocycles. The number of carbonyl (C=O) groups excluding carboxylic acids is 1. The molecule has 5 heteroatoms. The summed E-state index contributed by atoms with van der Waals surface area (Å²) < 4.78 is 12.8. The number of carbonyl (C=O) groups is 1. The van der Waals surface area contributed by atoms with Crippen molar-refractivity contribution in [2.75, 3.05) is 18.1 Å². The van der Waals surface area contributed by atoms with Crippen LogP contribution in [0.3, 0.4) is 0 Å². The van der Waals surface area contributed by atoms with Gasteiger partial charge in [0, 0.05) is 25.5 Å². The normalized spacial score (nSPS) is 20.6. The number of hydrogen-bond donors (Lipinski definition) is 1. The van der Waals surface area contributed by atoms with Gasteiger partial charge in [0.25, 0.3) is 0 Å². The SMILES string of the molecule is Cc1cc(F)ncc1N1CC(CO)CC1=O. The Hall–Kier alpha value is -1.49. The van der Waals surface area contributed by atoms with Crippen molar-refractivity contribution in [2.45, 2.75) is 13.3 Å². The minimum absolute atomic E-state index is 0.00406. The lowest BCUT2D eigenvalue weighted by atomic mass is 10.1. The van der Waals surface area contributed by atoms with Crippen LogP contribution in [0, 0.1) is 18.8 Å². The van der Waals surface area contributed by atoms with Crippen molar-refractivity contribution in [3.05, 3.63) is 23.8 Å². The topological polar surface area (TPSA) is 53.4 Å². The van der Waals surface area contributed by atoms with Crippen LogP contribution < -0.4 is 4.90 Å². The summed E-state index contributed by atoms with van der Waals surface area (Å²) in [6.45, 7) is 2.21. The van der Waals surface area contributed by atoms with E-state index in [1.807, 2.05) is 0 Å². The number of pyridine rings is 1. The number of anilines is 1. The summed E-state index contributed by atoms with van der Waals surface area (Å²) in [5.74, 6) is -0.626. The third-order valence-corrected chi connectivity index (χ3v) is 2.80. The summed E-state index contributed by atoms with van der Waals surface area (Å²) in [5, 5.41) is 9.01. The minimum atomic E-state index is -0.549. The molecule has 1 N–H and O–H groups in total. The Morgan fingerprint density at radius 3 is 3.00 bits per heavy atom. The molecule has 0 saturated carbocycles. The number of rotatable bonds is 2. The van der Waals surface area contributed by atoms with Crippen LogP contribution in [0.5, 0.6) is 0 Å². The summed E-state index contributed by atoms with van der Waals surface area (Å²) in [4.78, 5) is 16.8. The van der Waals surface area contributed by atoms with Crippen LogP contribution in [0.1, 0.15) is 12.0 Å². The molecule has 1 saturated heterocycles. The monoisotopic (exact) mass is 224 g/mol. The summed E-state index contributed by atoms with van der Waals surface area (Å²) in [7, 11) is 0. The van der Waals surface area contributed by atoms with E-state index in [9.17, 15) is 9.18 Å². The van der Waals surface area contributed by atoms with E-state index in [4.69, 9.17) is 5.11 Å². The summed E-state index contributed by atoms with van der Waals surface area (Å²) in [6, 6.07) is 1.30. The second kappa shape index (κ2) is 4.17. The van der Waals surface area contributed by atoms with Gasteiger partial charge in [-0.1, -0.05) is 0 Å². The standard InChI is InChI=1S/C11H13FN2O2/c1-7-2-10(12)13-4-9(7)14-5-8(6-15)3-11(14)16/h2,4,8,15H,3,5-6H2,1H3. The maximum atomic E-state index is 12.8. The third kappa shape index (κ3) is 1.90. The van der Waals surface area contributed by atoms with Gasteiger partial charge in [0.15, 0.2) is 0 Å². The van der Waals surface area contributed by atoms with E-state index in [1.54, 1.807) is 11.8 Å². The van der Waals surface area contributed by atoms with Gasteiger partial charge in [-0.15, -0.1) is 0 Å². The number of hydrogen-bond acceptors (Lipinski definition) is 3. The zero-order valence-corrected chi connectivity index (χ0v) is 8.98. The predicted octanol–water partition coefficient (Wildman–Crippen LogP) is 0.874. The fraction of sp³-hybridized carbons (Fsp3) is 0.455. The highest BCUT2D eigenvalue weighted by Gasteiger charge is 2.30. The Bertz CT molecular complexity index is 422. The molecule has 1 amide bonds. The van der Waals surface area contributed by atoms with E-state index in [0.29, 0.717) is 24.2 Å². The van der Waals surface area contributed by atoms with Gasteiger partial charge in [0.05, 0.1) is 11.9 Å². The molecule has 0 radical (unpaired) electrons. The number of halogens is 1. The van der Waals surface area contributed by atoms with Crippen LogP contribution >= 0.6 is 0 Å². The molecule has 16 heavy (non-hydrogen) atoms. The molecule has 1 atom stereocenters. The number of aliphatic hydroxyl groups excluding tert-OH is 1. The fourth-order valence-electron chi connectivity index (χ4n) is 1.93. The maximum Gasteiger partial charge on any atom is 0.227 e. The van der Waals surface area contributed by atoms with Crippen molar-refractivity contribution < 1.29 is 14.3 Å². The first kappa shape index (κ1) is 11.0. The van der Waals surface area contributed by atoms with Crippen molar-refractivity contribution in [1.29, 1.82) is 0 Å². The molecule has 0 bridgehead atoms. The number of aryl methyl sites for hydroxylation is 1. The van der Waals surface area contributed by atoms with Crippen molar-refractivity contribution in [3.8, 4) is 0 Å². The quantitative estimate of drug-likeness (QED) is 0.758. The number of nitrogens with zero attached hydrogens (tertiary/aromatic N) is 2. The Morgan fingerprint density at radius 1 is 1.69 bits per heavy atom. The molecular weight excluding hydrogens is 211 g/mol. The van der Waals surface area contributed by atoms with Crippen LogP contribution in [0.2, 0.25) is 0 Å². The molecule has 1 aliphatic rings. The molecule has 0 aromatic carbocycles. The first-order valence-electron chi connectivity index (χ1n) is 5.15. The molecule has 2 rings (SSSR count). The van der Waals surface area contributed by atoms with Gasteiger partial charge in [-0.05, 0) is 18.6 Å². The second-order valence-electron chi connectivity index (χ2n) is 4.05. The van der Waals surface area contributed by atoms with E-state index in [2.05, 4.69) is 4.98 Å². The number of amides is 1. The lowest BCUT2D eigenvalue weighted by Gasteiger charge is -2.18. The fourth-order valence-corrected chi connectivity index (χ4v) is 1.93.